The molecular weight excluding hydrogens is 605 g/mol. The number of phosphoric ester groups is 1. The van der Waals surface area contributed by atoms with E-state index in [0.29, 0.717) is 6.42 Å². The Morgan fingerprint density at radius 3 is 0.957 bits per heavy atom. The van der Waals surface area contributed by atoms with Crippen LogP contribution in [0.5, 0.6) is 0 Å². The minimum atomic E-state index is -4.80. The summed E-state index contributed by atoms with van der Waals surface area (Å²) in [5, 5.41) is 0. The molecule has 7 heteroatoms. The molecule has 0 saturated heterocycles. The number of nitrogens with zero attached hydrogens (tertiary/aromatic N) is 2. The molecule has 0 aliphatic heterocycles. The summed E-state index contributed by atoms with van der Waals surface area (Å²) in [5.41, 5.74) is 0.941. The number of rotatable bonds is 28. The quantitative estimate of drug-likeness (QED) is 0.0500. The van der Waals surface area contributed by atoms with Gasteiger partial charge in [0.1, 0.15) is 0 Å². The molecule has 0 fully saturated rings. The van der Waals surface area contributed by atoms with Crippen molar-refractivity contribution < 1.29 is 27.8 Å². The van der Waals surface area contributed by atoms with Crippen molar-refractivity contribution in [2.75, 3.05) is 59.0 Å². The Hall–Kier alpha value is -0.750. The van der Waals surface area contributed by atoms with E-state index in [1.807, 2.05) is 30.3 Å². The normalized spacial score (nSPS) is 11.9. The SMILES string of the molecule is CCCC[N+](CCCC)(CCCC)CCCC.CCCC[N+](CCCC)(CCCC)CCCC.O=P([O-])([O-])[18O]CCc1ccccc1. The summed E-state index contributed by atoms with van der Waals surface area (Å²) in [6, 6.07) is 9.21. The summed E-state index contributed by atoms with van der Waals surface area (Å²) < 4.78 is 17.0. The number of phosphoric acid groups is 1. The minimum absolute atomic E-state index is 0.0890. The predicted molar refractivity (Wildman–Crippen MR) is 202 cm³/mol. The molecule has 0 heterocycles. The van der Waals surface area contributed by atoms with E-state index in [9.17, 15) is 14.4 Å². The van der Waals surface area contributed by atoms with E-state index >= 15 is 0 Å². The van der Waals surface area contributed by atoms with Crippen LogP contribution in [0.3, 0.4) is 0 Å². The Labute approximate surface area is 294 Å². The summed E-state index contributed by atoms with van der Waals surface area (Å²) in [4.78, 5) is 20.1. The average molecular weight is 687 g/mol. The van der Waals surface area contributed by atoms with Crippen LogP contribution >= 0.6 is 7.82 Å². The first-order valence-electron chi connectivity index (χ1n) is 20.0. The van der Waals surface area contributed by atoms with Crippen LogP contribution in [0.2, 0.25) is 0 Å². The Bertz CT molecular complexity index is 707. The van der Waals surface area contributed by atoms with Crippen molar-refractivity contribution in [3.63, 3.8) is 0 Å². The van der Waals surface area contributed by atoms with E-state index in [-0.39, 0.29) is 6.61 Å². The zero-order valence-electron chi connectivity index (χ0n) is 32.7. The van der Waals surface area contributed by atoms with E-state index in [2.05, 4.69) is 59.9 Å². The second-order valence-electron chi connectivity index (χ2n) is 13.8. The van der Waals surface area contributed by atoms with Gasteiger partial charge in [-0.15, -0.1) is 0 Å². The lowest BCUT2D eigenvalue weighted by atomic mass is 10.1. The minimum Gasteiger partial charge on any atom is -0.790 e. The maximum atomic E-state index is 10.1. The van der Waals surface area contributed by atoms with E-state index in [4.69, 9.17) is 0 Å². The number of hydrogen-bond donors (Lipinski definition) is 0. The fourth-order valence-corrected chi connectivity index (χ4v) is 6.52. The van der Waals surface area contributed by atoms with Gasteiger partial charge in [-0.3, -0.25) is 0 Å². The van der Waals surface area contributed by atoms with Crippen molar-refractivity contribution in [2.45, 2.75) is 165 Å². The Morgan fingerprint density at radius 2 is 0.745 bits per heavy atom. The van der Waals surface area contributed by atoms with E-state index in [1.165, 1.54) is 164 Å². The van der Waals surface area contributed by atoms with Crippen molar-refractivity contribution in [3.05, 3.63) is 35.9 Å². The van der Waals surface area contributed by atoms with Gasteiger partial charge in [0.15, 0.2) is 0 Å². The Morgan fingerprint density at radius 1 is 0.489 bits per heavy atom. The van der Waals surface area contributed by atoms with Gasteiger partial charge in [0.25, 0.3) is 0 Å². The molecule has 0 aliphatic carbocycles. The highest BCUT2D eigenvalue weighted by Gasteiger charge is 2.25. The van der Waals surface area contributed by atoms with Crippen molar-refractivity contribution in [1.82, 2.24) is 0 Å². The zero-order valence-corrected chi connectivity index (χ0v) is 33.6. The van der Waals surface area contributed by atoms with Crippen molar-refractivity contribution in [1.29, 1.82) is 0 Å². The van der Waals surface area contributed by atoms with Crippen LogP contribution in [0.25, 0.3) is 0 Å². The van der Waals surface area contributed by atoms with Gasteiger partial charge in [0.05, 0.1) is 66.8 Å². The monoisotopic (exact) mass is 687 g/mol. The number of benzene rings is 1. The largest absolute Gasteiger partial charge is 0.790 e. The van der Waals surface area contributed by atoms with Gasteiger partial charge in [0, 0.05) is 0 Å². The van der Waals surface area contributed by atoms with E-state index in [0.717, 1.165) is 5.56 Å². The van der Waals surface area contributed by atoms with Gasteiger partial charge >= 0.3 is 0 Å². The third-order valence-electron chi connectivity index (χ3n) is 9.37. The fourth-order valence-electron chi connectivity index (χ4n) is 6.21. The predicted octanol–water partition coefficient (Wildman–Crippen LogP) is 10.1. The standard InChI is InChI=1S/2C16H36N.C8H11O4P/c2*1-5-9-13-17(14-10-6-2,15-11-7-3)16-12-8-4;9-13(10,11)12-7-6-8-4-2-1-3-5-8/h2*5-16H2,1-4H3;1-5H,6-7H2,(H2,9,10,11)/q2*+1;/p-2/i;;12+2. The maximum absolute atomic E-state index is 10.1. The van der Waals surface area contributed by atoms with Crippen molar-refractivity contribution >= 4 is 7.82 Å². The summed E-state index contributed by atoms with van der Waals surface area (Å²) >= 11 is 0. The molecule has 47 heavy (non-hydrogen) atoms. The van der Waals surface area contributed by atoms with Crippen LogP contribution < -0.4 is 9.79 Å². The smallest absolute Gasteiger partial charge is 0.0786 e. The van der Waals surface area contributed by atoms with Gasteiger partial charge in [-0.25, -0.2) is 0 Å². The summed E-state index contributed by atoms with van der Waals surface area (Å²) in [7, 11) is -4.80. The number of quaternary nitrogens is 2. The molecule has 0 bridgehead atoms. The second-order valence-corrected chi connectivity index (χ2v) is 15.0. The lowest BCUT2D eigenvalue weighted by Crippen LogP contribution is -2.50. The number of hydrogen-bond acceptors (Lipinski definition) is 4. The molecular formula is C40H81N2O4P. The first-order chi connectivity index (χ1) is 22.6. The molecule has 0 radical (unpaired) electrons. The molecule has 0 saturated carbocycles. The van der Waals surface area contributed by atoms with Gasteiger partial charge in [-0.1, -0.05) is 137 Å². The zero-order chi connectivity index (χ0) is 35.7. The lowest BCUT2D eigenvalue weighted by molar-refractivity contribution is -0.929. The third kappa shape index (κ3) is 28.8. The van der Waals surface area contributed by atoms with Crippen molar-refractivity contribution in [2.24, 2.45) is 0 Å². The molecule has 0 amide bonds. The molecule has 1 rings (SSSR count). The molecule has 0 N–H and O–H groups in total. The second kappa shape index (κ2) is 32.5. The average Bonchev–Trinajstić information content (AvgIpc) is 3.07. The van der Waals surface area contributed by atoms with Crippen LogP contribution in [0, 0.1) is 0 Å². The van der Waals surface area contributed by atoms with Gasteiger partial charge < -0.3 is 27.8 Å². The molecule has 0 aromatic heterocycles. The molecule has 1 aromatic rings. The maximum Gasteiger partial charge on any atom is 0.0786 e. The molecule has 1 aromatic carbocycles. The highest BCUT2D eigenvalue weighted by Crippen LogP contribution is 2.24. The topological polar surface area (TPSA) is 72.4 Å². The summed E-state index contributed by atoms with van der Waals surface area (Å²) in [6.07, 6.45) is 22.5. The van der Waals surface area contributed by atoms with E-state index < -0.39 is 7.82 Å². The van der Waals surface area contributed by atoms with Gasteiger partial charge in [-0.05, 0) is 63.4 Å². The van der Waals surface area contributed by atoms with Crippen LogP contribution in [0.4, 0.5) is 0 Å². The fraction of sp³-hybridized carbons (Fsp3) is 0.850. The molecule has 6 nitrogen and oxygen atoms in total. The van der Waals surface area contributed by atoms with E-state index in [1.54, 1.807) is 0 Å². The van der Waals surface area contributed by atoms with Gasteiger partial charge in [0.2, 0.25) is 0 Å². The van der Waals surface area contributed by atoms with Crippen molar-refractivity contribution in [3.8, 4) is 0 Å². The number of unbranched alkanes of at least 4 members (excludes halogenated alkanes) is 8. The third-order valence-corrected chi connectivity index (χ3v) is 9.87. The summed E-state index contributed by atoms with van der Waals surface area (Å²) in [6.45, 7) is 29.9. The molecule has 0 unspecified atom stereocenters. The van der Waals surface area contributed by atoms with Crippen LogP contribution in [0.15, 0.2) is 30.3 Å². The van der Waals surface area contributed by atoms with Crippen LogP contribution in [-0.2, 0) is 15.5 Å². The van der Waals surface area contributed by atoms with Gasteiger partial charge in [-0.2, -0.15) is 0 Å². The molecule has 0 spiro atoms. The molecule has 0 aliphatic rings. The lowest BCUT2D eigenvalue weighted by Gasteiger charge is -2.39. The molecule has 280 valence electrons. The highest BCUT2D eigenvalue weighted by atomic mass is 31.2. The highest BCUT2D eigenvalue weighted by molar-refractivity contribution is 7.43. The first kappa shape index (κ1) is 48.4. The first-order valence-corrected chi connectivity index (χ1v) is 21.4. The molecule has 0 atom stereocenters. The summed E-state index contributed by atoms with van der Waals surface area (Å²) in [5.74, 6) is 0. The Balaban J connectivity index is 0. The Kier molecular flexibility index (Phi) is 33.4. The van der Waals surface area contributed by atoms with Crippen LogP contribution in [0.1, 0.15) is 164 Å². The van der Waals surface area contributed by atoms with Crippen LogP contribution in [-0.4, -0.2) is 67.9 Å².